The molecule has 1 saturated carbocycles. The lowest BCUT2D eigenvalue weighted by Crippen LogP contribution is -2.50. The Balaban J connectivity index is 1.35. The molecule has 2 aromatic heterocycles. The van der Waals surface area contributed by atoms with Gasteiger partial charge in [-0.25, -0.2) is 9.37 Å². The molecule has 206 valence electrons. The van der Waals surface area contributed by atoms with E-state index in [2.05, 4.69) is 31.0 Å². The number of rotatable bonds is 6. The molecule has 3 N–H and O–H groups in total. The van der Waals surface area contributed by atoms with E-state index in [4.69, 9.17) is 25.4 Å². The summed E-state index contributed by atoms with van der Waals surface area (Å²) in [6.45, 7) is 10.4. The lowest BCUT2D eigenvalue weighted by atomic mass is 9.75. The van der Waals surface area contributed by atoms with Crippen molar-refractivity contribution in [2.75, 3.05) is 50.5 Å². The van der Waals surface area contributed by atoms with Crippen LogP contribution in [-0.4, -0.2) is 77.9 Å². The molecule has 3 fully saturated rings. The number of nitrogens with one attached hydrogen (secondary N) is 1. The summed E-state index contributed by atoms with van der Waals surface area (Å²) < 4.78 is 20.2. The third kappa shape index (κ3) is 4.95. The highest BCUT2D eigenvalue weighted by molar-refractivity contribution is 5.54. The lowest BCUT2D eigenvalue weighted by molar-refractivity contribution is 0.187. The Labute approximate surface area is 225 Å². The molecule has 0 bridgehead atoms. The summed E-state index contributed by atoms with van der Waals surface area (Å²) in [6.07, 6.45) is 3.87. The Morgan fingerprint density at radius 3 is 2.71 bits per heavy atom. The summed E-state index contributed by atoms with van der Waals surface area (Å²) in [7, 11) is 1.96. The van der Waals surface area contributed by atoms with Crippen LogP contribution in [0.1, 0.15) is 73.0 Å². The van der Waals surface area contributed by atoms with Crippen LogP contribution in [0, 0.1) is 12.8 Å². The van der Waals surface area contributed by atoms with Crippen LogP contribution in [0.3, 0.4) is 0 Å². The third-order valence-corrected chi connectivity index (χ3v) is 9.14. The van der Waals surface area contributed by atoms with Crippen LogP contribution >= 0.6 is 0 Å². The van der Waals surface area contributed by atoms with Crippen molar-refractivity contribution in [1.82, 2.24) is 25.2 Å². The monoisotopic (exact) mass is 523 g/mol. The van der Waals surface area contributed by atoms with E-state index < -0.39 is 6.17 Å². The second-order valence-corrected chi connectivity index (χ2v) is 12.2. The highest BCUT2D eigenvalue weighted by Crippen LogP contribution is 2.48. The number of nitrogens with two attached hydrogens (primary N) is 1. The first-order valence-electron chi connectivity index (χ1n) is 14.4. The normalized spacial score (nSPS) is 29.9. The molecule has 6 rings (SSSR count). The summed E-state index contributed by atoms with van der Waals surface area (Å²) in [5.74, 6) is 2.87. The number of pyridine rings is 1. The first kappa shape index (κ1) is 25.7. The predicted molar refractivity (Wildman–Crippen MR) is 148 cm³/mol. The summed E-state index contributed by atoms with van der Waals surface area (Å²) in [6, 6.07) is 2.81. The smallest absolute Gasteiger partial charge is 0.318 e. The summed E-state index contributed by atoms with van der Waals surface area (Å²) >= 11 is 0. The number of hydrogen-bond donors (Lipinski definition) is 2. The second-order valence-electron chi connectivity index (χ2n) is 12.2. The van der Waals surface area contributed by atoms with Gasteiger partial charge < -0.3 is 20.7 Å². The van der Waals surface area contributed by atoms with Crippen LogP contribution in [0.15, 0.2) is 6.07 Å². The van der Waals surface area contributed by atoms with Crippen molar-refractivity contribution in [3.05, 3.63) is 34.1 Å². The minimum atomic E-state index is -0.799. The Morgan fingerprint density at radius 1 is 1.18 bits per heavy atom. The van der Waals surface area contributed by atoms with E-state index in [9.17, 15) is 4.39 Å². The van der Waals surface area contributed by atoms with Crippen molar-refractivity contribution in [3.63, 3.8) is 0 Å². The highest BCUT2D eigenvalue weighted by Gasteiger charge is 2.38. The Bertz CT molecular complexity index is 1190. The van der Waals surface area contributed by atoms with Gasteiger partial charge in [0, 0.05) is 49.7 Å². The van der Waals surface area contributed by atoms with E-state index in [1.165, 1.54) is 35.2 Å². The molecule has 5 atom stereocenters. The van der Waals surface area contributed by atoms with Gasteiger partial charge in [-0.3, -0.25) is 4.90 Å². The van der Waals surface area contributed by atoms with Crippen molar-refractivity contribution >= 4 is 11.6 Å². The number of likely N-dealkylation sites (tertiary alicyclic amines) is 1. The van der Waals surface area contributed by atoms with Gasteiger partial charge in [-0.1, -0.05) is 6.92 Å². The Morgan fingerprint density at radius 2 is 2.00 bits per heavy atom. The Hall–Kier alpha value is -2.52. The highest BCUT2D eigenvalue weighted by atomic mass is 19.1. The number of hydrogen-bond acceptors (Lipinski definition) is 8. The van der Waals surface area contributed by atoms with Crippen LogP contribution in [0.25, 0.3) is 0 Å². The zero-order valence-electron chi connectivity index (χ0n) is 23.2. The molecular weight excluding hydrogens is 481 g/mol. The SMILES string of the molecule is Cc1cc(N)nc([C@@H]2Cc3nc(OC[C@@H]4C[C@@H](F)CN4C)nc(N4CCNC[C@@H]4C)c3C[C@H]2C)c1C1CC1. The molecule has 0 aromatic carbocycles. The van der Waals surface area contributed by atoms with Gasteiger partial charge >= 0.3 is 6.01 Å². The van der Waals surface area contributed by atoms with Gasteiger partial charge in [-0.2, -0.15) is 9.97 Å². The van der Waals surface area contributed by atoms with Gasteiger partial charge in [0.15, 0.2) is 0 Å². The quantitative estimate of drug-likeness (QED) is 0.596. The van der Waals surface area contributed by atoms with E-state index in [0.717, 1.165) is 44.0 Å². The van der Waals surface area contributed by atoms with Crippen LogP contribution in [0.5, 0.6) is 6.01 Å². The number of likely N-dealkylation sites (N-methyl/N-ethyl adjacent to an activating group) is 1. The largest absolute Gasteiger partial charge is 0.462 e. The first-order valence-corrected chi connectivity index (χ1v) is 14.4. The molecule has 0 amide bonds. The van der Waals surface area contributed by atoms with E-state index in [1.54, 1.807) is 0 Å². The summed E-state index contributed by atoms with van der Waals surface area (Å²) in [5.41, 5.74) is 12.4. The van der Waals surface area contributed by atoms with Crippen LogP contribution < -0.4 is 20.7 Å². The number of aryl methyl sites for hydroxylation is 1. The fourth-order valence-electron chi connectivity index (χ4n) is 6.87. The van der Waals surface area contributed by atoms with Crippen LogP contribution in [-0.2, 0) is 12.8 Å². The molecule has 4 aliphatic rings. The number of fused-ring (bicyclic) bond motifs is 1. The van der Waals surface area contributed by atoms with Crippen molar-refractivity contribution < 1.29 is 9.13 Å². The molecule has 2 aliphatic heterocycles. The molecule has 2 aliphatic carbocycles. The number of ether oxygens (including phenoxy) is 1. The molecular formula is C29H42FN7O. The number of piperazine rings is 1. The fraction of sp³-hybridized carbons (Fsp3) is 0.690. The van der Waals surface area contributed by atoms with Crippen LogP contribution in [0.2, 0.25) is 0 Å². The van der Waals surface area contributed by atoms with Crippen molar-refractivity contribution in [1.29, 1.82) is 0 Å². The van der Waals surface area contributed by atoms with Crippen molar-refractivity contribution in [2.45, 2.75) is 83.0 Å². The summed E-state index contributed by atoms with van der Waals surface area (Å²) in [4.78, 5) is 19.4. The second kappa shape index (κ2) is 10.2. The number of anilines is 2. The minimum Gasteiger partial charge on any atom is -0.462 e. The maximum Gasteiger partial charge on any atom is 0.318 e. The lowest BCUT2D eigenvalue weighted by Gasteiger charge is -2.39. The van der Waals surface area contributed by atoms with E-state index in [0.29, 0.717) is 49.3 Å². The maximum absolute atomic E-state index is 14.0. The van der Waals surface area contributed by atoms with E-state index in [1.807, 2.05) is 18.0 Å². The van der Waals surface area contributed by atoms with Crippen molar-refractivity contribution in [3.8, 4) is 6.01 Å². The fourth-order valence-corrected chi connectivity index (χ4v) is 6.87. The molecule has 38 heavy (non-hydrogen) atoms. The van der Waals surface area contributed by atoms with E-state index in [-0.39, 0.29) is 12.0 Å². The zero-order chi connectivity index (χ0) is 26.6. The van der Waals surface area contributed by atoms with Gasteiger partial charge in [-0.15, -0.1) is 0 Å². The van der Waals surface area contributed by atoms with Gasteiger partial charge in [0.25, 0.3) is 0 Å². The average molecular weight is 524 g/mol. The maximum atomic E-state index is 14.0. The molecule has 0 radical (unpaired) electrons. The zero-order valence-corrected chi connectivity index (χ0v) is 23.2. The van der Waals surface area contributed by atoms with Gasteiger partial charge in [0.2, 0.25) is 0 Å². The van der Waals surface area contributed by atoms with Gasteiger partial charge in [0.05, 0.1) is 11.4 Å². The van der Waals surface area contributed by atoms with Crippen molar-refractivity contribution in [2.24, 2.45) is 5.92 Å². The summed E-state index contributed by atoms with van der Waals surface area (Å²) in [5, 5.41) is 3.49. The number of nitrogens with zero attached hydrogens (tertiary/aromatic N) is 5. The number of nitrogen functional groups attached to an aromatic ring is 1. The molecule has 8 nitrogen and oxygen atoms in total. The average Bonchev–Trinajstić information content (AvgIpc) is 3.65. The van der Waals surface area contributed by atoms with Gasteiger partial charge in [-0.05, 0) is 82.0 Å². The molecule has 9 heteroatoms. The Kier molecular flexibility index (Phi) is 6.93. The number of aromatic nitrogens is 3. The molecule has 0 unspecified atom stereocenters. The number of halogens is 1. The predicted octanol–water partition coefficient (Wildman–Crippen LogP) is 3.38. The minimum absolute atomic E-state index is 0.0412. The topological polar surface area (TPSA) is 92.4 Å². The van der Waals surface area contributed by atoms with Gasteiger partial charge in [0.1, 0.15) is 24.4 Å². The molecule has 2 aromatic rings. The molecule has 0 spiro atoms. The first-order chi connectivity index (χ1) is 18.3. The molecule has 2 saturated heterocycles. The number of alkyl halides is 1. The molecule has 4 heterocycles. The third-order valence-electron chi connectivity index (χ3n) is 9.14. The van der Waals surface area contributed by atoms with Crippen LogP contribution in [0.4, 0.5) is 16.0 Å². The van der Waals surface area contributed by atoms with E-state index >= 15 is 0 Å². The standard InChI is InChI=1S/C29H42FN7O/c1-16-9-23-24(12-22(16)27-26(19-5-6-19)17(2)10-25(31)34-27)33-29(38-15-21-11-20(30)14-36(21)4)35-28(23)37-8-7-32-13-18(37)3/h10,16,18-22,32H,5-9,11-15H2,1-4H3,(H2,31,34)/t16-,18+,20-,21+,22-/m1/s1.